The Balaban J connectivity index is 1.51. The van der Waals surface area contributed by atoms with Gasteiger partial charge < -0.3 is 24.7 Å². The first-order chi connectivity index (χ1) is 19.3. The van der Waals surface area contributed by atoms with E-state index in [-0.39, 0.29) is 22.3 Å². The molecule has 0 radical (unpaired) electrons. The number of carbonyl (C=O) groups is 2. The first-order valence-electron chi connectivity index (χ1n) is 14.7. The van der Waals surface area contributed by atoms with E-state index >= 15 is 0 Å². The minimum Gasteiger partial charge on any atom is -0.444 e. The summed E-state index contributed by atoms with van der Waals surface area (Å²) in [5.41, 5.74) is -1.16. The lowest BCUT2D eigenvalue weighted by atomic mass is 9.43. The minimum atomic E-state index is -4.11. The number of benzene rings is 1. The fraction of sp³-hybridized carbons (Fsp3) is 0.724. The quantitative estimate of drug-likeness (QED) is 0.344. The Kier molecular flexibility index (Phi) is 9.11. The van der Waals surface area contributed by atoms with E-state index in [2.05, 4.69) is 36.1 Å². The zero-order valence-corrected chi connectivity index (χ0v) is 26.6. The van der Waals surface area contributed by atoms with Crippen molar-refractivity contribution in [1.82, 2.24) is 15.4 Å². The van der Waals surface area contributed by atoms with Crippen LogP contribution in [0.4, 0.5) is 9.18 Å². The molecule has 1 saturated heterocycles. The van der Waals surface area contributed by atoms with Gasteiger partial charge in [0.2, 0.25) is 15.9 Å². The summed E-state index contributed by atoms with van der Waals surface area (Å²) in [7, 11) is -4.81. The van der Waals surface area contributed by atoms with Crippen molar-refractivity contribution < 1.29 is 36.4 Å². The molecular weight excluding hydrogens is 564 g/mol. The van der Waals surface area contributed by atoms with Crippen LogP contribution in [0.3, 0.4) is 0 Å². The monoisotopic (exact) mass is 609 g/mol. The Labute approximate surface area is 249 Å². The maximum atomic E-state index is 13.7. The lowest BCUT2D eigenvalue weighted by Gasteiger charge is -2.64. The third kappa shape index (κ3) is 6.95. The van der Waals surface area contributed by atoms with Gasteiger partial charge in [-0.25, -0.2) is 22.3 Å². The number of halogens is 1. The molecule has 2 bridgehead atoms. The lowest BCUT2D eigenvalue weighted by Crippen LogP contribution is -2.65. The van der Waals surface area contributed by atoms with Gasteiger partial charge in [0.15, 0.2) is 0 Å². The van der Waals surface area contributed by atoms with Crippen molar-refractivity contribution in [2.24, 2.45) is 23.2 Å². The molecule has 42 heavy (non-hydrogen) atoms. The predicted molar refractivity (Wildman–Crippen MR) is 156 cm³/mol. The van der Waals surface area contributed by atoms with Gasteiger partial charge in [-0.05, 0) is 94.4 Å². The first kappa shape index (κ1) is 32.7. The highest BCUT2D eigenvalue weighted by Gasteiger charge is 2.68. The van der Waals surface area contributed by atoms with Gasteiger partial charge in [-0.2, -0.15) is 0 Å². The number of nitrogens with one attached hydrogen (secondary N) is 3. The van der Waals surface area contributed by atoms with Crippen LogP contribution in [0.1, 0.15) is 74.7 Å². The molecule has 0 spiro atoms. The second-order valence-corrected chi connectivity index (χ2v) is 15.9. The number of rotatable bonds is 10. The summed E-state index contributed by atoms with van der Waals surface area (Å²) < 4.78 is 59.9. The molecule has 13 heteroatoms. The number of hydrogen-bond acceptors (Lipinski definition) is 7. The zero-order valence-electron chi connectivity index (χ0n) is 25.8. The molecule has 3 saturated carbocycles. The Morgan fingerprint density at radius 3 is 2.33 bits per heavy atom. The second kappa shape index (κ2) is 11.7. The number of hydrogen-bond donors (Lipinski definition) is 3. The molecular formula is C29H45BFN3O7S. The molecule has 6 atom stereocenters. The molecule has 1 aliphatic heterocycles. The maximum absolute atomic E-state index is 13.7. The largest absolute Gasteiger partial charge is 0.481 e. The summed E-state index contributed by atoms with van der Waals surface area (Å²) in [6, 6.07) is 2.97. The van der Waals surface area contributed by atoms with Crippen LogP contribution in [0.2, 0.25) is 0 Å². The number of alkyl carbamates (subject to hydrolysis) is 1. The Bertz CT molecular complexity index is 1270. The van der Waals surface area contributed by atoms with Crippen LogP contribution in [0, 0.1) is 29.0 Å². The highest BCUT2D eigenvalue weighted by Crippen LogP contribution is 2.65. The van der Waals surface area contributed by atoms with E-state index in [1.807, 2.05) is 13.8 Å². The van der Waals surface area contributed by atoms with E-state index in [0.29, 0.717) is 18.3 Å². The van der Waals surface area contributed by atoms with Crippen LogP contribution in [0.5, 0.6) is 0 Å². The molecule has 4 aliphatic rings. The van der Waals surface area contributed by atoms with Crippen molar-refractivity contribution in [2.45, 2.75) is 109 Å². The van der Waals surface area contributed by atoms with Gasteiger partial charge in [0.05, 0.1) is 22.5 Å². The molecule has 0 aromatic heterocycles. The third-order valence-corrected chi connectivity index (χ3v) is 10.4. The van der Waals surface area contributed by atoms with Crippen LogP contribution in [0.15, 0.2) is 29.2 Å². The molecule has 2 amide bonds. The Morgan fingerprint density at radius 1 is 1.12 bits per heavy atom. The second-order valence-electron chi connectivity index (χ2n) is 14.1. The number of ether oxygens (including phenoxy) is 1. The predicted octanol–water partition coefficient (Wildman–Crippen LogP) is 3.80. The summed E-state index contributed by atoms with van der Waals surface area (Å²) in [6.45, 7) is 15.3. The zero-order chi connectivity index (χ0) is 31.3. The molecule has 3 N–H and O–H groups in total. The van der Waals surface area contributed by atoms with E-state index in [1.54, 1.807) is 20.8 Å². The summed E-state index contributed by atoms with van der Waals surface area (Å²) in [4.78, 5) is 26.2. The van der Waals surface area contributed by atoms with E-state index in [9.17, 15) is 22.4 Å². The molecule has 4 fully saturated rings. The van der Waals surface area contributed by atoms with Gasteiger partial charge in [-0.1, -0.05) is 27.7 Å². The van der Waals surface area contributed by atoms with Gasteiger partial charge in [0.25, 0.3) is 0 Å². The van der Waals surface area contributed by atoms with Crippen molar-refractivity contribution in [2.75, 3.05) is 6.54 Å². The van der Waals surface area contributed by atoms with Gasteiger partial charge in [-0.3, -0.25) is 4.79 Å². The maximum Gasteiger partial charge on any atom is 0.481 e. The number of sulfonamides is 1. The van der Waals surface area contributed by atoms with Crippen LogP contribution in [-0.4, -0.2) is 63.4 Å². The normalized spacial score (nSPS) is 28.0. The van der Waals surface area contributed by atoms with Gasteiger partial charge in [0.1, 0.15) is 17.5 Å². The Hall–Kier alpha value is -2.22. The Morgan fingerprint density at radius 2 is 1.76 bits per heavy atom. The fourth-order valence-electron chi connectivity index (χ4n) is 6.65. The summed E-state index contributed by atoms with van der Waals surface area (Å²) in [5, 5.41) is 5.47. The van der Waals surface area contributed by atoms with E-state index in [4.69, 9.17) is 14.0 Å². The van der Waals surface area contributed by atoms with E-state index < -0.39 is 64.7 Å². The van der Waals surface area contributed by atoms with Crippen molar-refractivity contribution >= 4 is 29.1 Å². The third-order valence-electron chi connectivity index (χ3n) is 8.96. The molecule has 0 unspecified atom stereocenters. The molecule has 5 rings (SSSR count). The van der Waals surface area contributed by atoms with Crippen LogP contribution < -0.4 is 15.4 Å². The highest BCUT2D eigenvalue weighted by atomic mass is 32.2. The SMILES string of the molecule is CC(C)C[C@H](NC(=O)[C@H](CNS(=O)(=O)c1ccc(F)cc1)NC(=O)OC(C)(C)C)B1O[C@@H]2C[C@H]3C[C@H](C3(C)C)[C@]2(C)O1. The smallest absolute Gasteiger partial charge is 0.444 e. The van der Waals surface area contributed by atoms with E-state index in [0.717, 1.165) is 37.1 Å². The van der Waals surface area contributed by atoms with Crippen molar-refractivity contribution in [3.8, 4) is 0 Å². The van der Waals surface area contributed by atoms with Gasteiger partial charge in [0, 0.05) is 6.54 Å². The van der Waals surface area contributed by atoms with Crippen LogP contribution in [0.25, 0.3) is 0 Å². The highest BCUT2D eigenvalue weighted by molar-refractivity contribution is 7.89. The van der Waals surface area contributed by atoms with Crippen molar-refractivity contribution in [1.29, 1.82) is 0 Å². The number of amides is 2. The molecule has 3 aliphatic carbocycles. The first-order valence-corrected chi connectivity index (χ1v) is 16.2. The average molecular weight is 610 g/mol. The fourth-order valence-corrected chi connectivity index (χ4v) is 7.70. The lowest BCUT2D eigenvalue weighted by molar-refractivity contribution is -0.199. The van der Waals surface area contributed by atoms with E-state index in [1.165, 1.54) is 0 Å². The molecule has 1 aromatic carbocycles. The molecule has 1 heterocycles. The van der Waals surface area contributed by atoms with Crippen LogP contribution in [-0.2, 0) is 28.9 Å². The standard InChI is InChI=1S/C29H45BFN3O7S/c1-17(2)13-24(30-40-23-15-18-14-22(28(18,6)7)29(23,8)41-30)34-25(35)21(33-26(36)39-27(3,4)5)16-32-42(37,38)20-11-9-19(31)10-12-20/h9-12,17-18,21-24,32H,13-16H2,1-8H3,(H,33,36)(H,34,35)/t18-,21+,22-,23-,24+,29+/m1/s1. The van der Waals surface area contributed by atoms with Crippen LogP contribution >= 0.6 is 0 Å². The summed E-state index contributed by atoms with van der Waals surface area (Å²) >= 11 is 0. The molecule has 234 valence electrons. The van der Waals surface area contributed by atoms with Gasteiger partial charge >= 0.3 is 13.2 Å². The summed E-state index contributed by atoms with van der Waals surface area (Å²) in [6.07, 6.45) is 1.57. The average Bonchev–Trinajstić information content (AvgIpc) is 3.22. The van der Waals surface area contributed by atoms with Crippen molar-refractivity contribution in [3.63, 3.8) is 0 Å². The topological polar surface area (TPSA) is 132 Å². The number of carbonyl (C=O) groups excluding carboxylic acids is 2. The minimum absolute atomic E-state index is 0.0796. The molecule has 10 nitrogen and oxygen atoms in total. The molecule has 1 aromatic rings. The van der Waals surface area contributed by atoms with Crippen molar-refractivity contribution in [3.05, 3.63) is 30.1 Å². The van der Waals surface area contributed by atoms with Gasteiger partial charge in [-0.15, -0.1) is 0 Å². The summed E-state index contributed by atoms with van der Waals surface area (Å²) in [5.74, 6) is -0.659.